The van der Waals surface area contributed by atoms with Crippen LogP contribution in [0.25, 0.3) is 0 Å². The summed E-state index contributed by atoms with van der Waals surface area (Å²) in [6.07, 6.45) is 1.56. The Labute approximate surface area is 161 Å². The standard InChI is InChI=1S/C22H31NO4/c1-5-10-23-20(24)26-13-22-12-25-19-16-8-6-7-9-17(16)27-21(4,11-14(22)2)18(19)15(22)3/h6-9,14-15,18-19H,5,10-13H2,1-4H3,(H,23,24)/t14-,15-,18+,19-,21+,22+/m0/s1. The largest absolute Gasteiger partial charge is 0.487 e. The highest BCUT2D eigenvalue weighted by Crippen LogP contribution is 2.63. The lowest BCUT2D eigenvalue weighted by Crippen LogP contribution is -2.66. The van der Waals surface area contributed by atoms with Crippen molar-refractivity contribution in [3.63, 3.8) is 0 Å². The van der Waals surface area contributed by atoms with Crippen LogP contribution < -0.4 is 10.1 Å². The molecule has 1 amide bonds. The van der Waals surface area contributed by atoms with Gasteiger partial charge in [0, 0.05) is 23.4 Å². The molecule has 1 N–H and O–H groups in total. The van der Waals surface area contributed by atoms with E-state index in [1.165, 1.54) is 0 Å². The number of nitrogens with one attached hydrogen (secondary N) is 1. The maximum Gasteiger partial charge on any atom is 0.407 e. The fourth-order valence-electron chi connectivity index (χ4n) is 5.73. The van der Waals surface area contributed by atoms with Gasteiger partial charge in [0.25, 0.3) is 0 Å². The van der Waals surface area contributed by atoms with Gasteiger partial charge in [-0.1, -0.05) is 39.0 Å². The predicted octanol–water partition coefficient (Wildman–Crippen LogP) is 4.32. The van der Waals surface area contributed by atoms with Crippen LogP contribution in [0.5, 0.6) is 5.75 Å². The maximum absolute atomic E-state index is 12.0. The molecule has 6 atom stereocenters. The molecule has 27 heavy (non-hydrogen) atoms. The van der Waals surface area contributed by atoms with Crippen molar-refractivity contribution in [2.45, 2.75) is 52.2 Å². The van der Waals surface area contributed by atoms with Gasteiger partial charge >= 0.3 is 6.09 Å². The Balaban J connectivity index is 1.61. The minimum absolute atomic E-state index is 0.0458. The van der Waals surface area contributed by atoms with E-state index in [-0.39, 0.29) is 29.1 Å². The molecule has 5 nitrogen and oxygen atoms in total. The van der Waals surface area contributed by atoms with Gasteiger partial charge in [0.1, 0.15) is 18.0 Å². The van der Waals surface area contributed by atoms with E-state index in [4.69, 9.17) is 14.2 Å². The minimum Gasteiger partial charge on any atom is -0.487 e. The van der Waals surface area contributed by atoms with Crippen LogP contribution in [0, 0.1) is 23.2 Å². The number of rotatable bonds is 4. The van der Waals surface area contributed by atoms with Crippen LogP contribution in [-0.2, 0) is 9.47 Å². The van der Waals surface area contributed by atoms with Crippen LogP contribution >= 0.6 is 0 Å². The summed E-state index contributed by atoms with van der Waals surface area (Å²) in [7, 11) is 0. The average molecular weight is 373 g/mol. The lowest BCUT2D eigenvalue weighted by molar-refractivity contribution is -0.259. The number of carbonyl (C=O) groups excluding carboxylic acids is 1. The van der Waals surface area contributed by atoms with Gasteiger partial charge in [0.2, 0.25) is 0 Å². The molecule has 2 heterocycles. The van der Waals surface area contributed by atoms with Crippen molar-refractivity contribution < 1.29 is 19.0 Å². The molecule has 0 unspecified atom stereocenters. The summed E-state index contributed by atoms with van der Waals surface area (Å²) in [5.74, 6) is 1.86. The van der Waals surface area contributed by atoms with E-state index < -0.39 is 0 Å². The molecule has 3 aliphatic rings. The molecule has 4 rings (SSSR count). The highest BCUT2D eigenvalue weighted by Gasteiger charge is 2.64. The molecule has 2 aliphatic heterocycles. The first kappa shape index (κ1) is 18.6. The third-order valence-corrected chi connectivity index (χ3v) is 7.26. The Morgan fingerprint density at radius 2 is 2.11 bits per heavy atom. The van der Waals surface area contributed by atoms with Crippen molar-refractivity contribution >= 4 is 6.09 Å². The van der Waals surface area contributed by atoms with Crippen LogP contribution in [0.3, 0.4) is 0 Å². The number of carbonyl (C=O) groups is 1. The zero-order valence-electron chi connectivity index (χ0n) is 16.8. The van der Waals surface area contributed by atoms with Crippen molar-refractivity contribution in [1.29, 1.82) is 0 Å². The van der Waals surface area contributed by atoms with Gasteiger partial charge in [-0.3, -0.25) is 0 Å². The first-order valence-electron chi connectivity index (χ1n) is 10.2. The smallest absolute Gasteiger partial charge is 0.407 e. The van der Waals surface area contributed by atoms with Crippen molar-refractivity contribution in [2.24, 2.45) is 23.2 Å². The van der Waals surface area contributed by atoms with Gasteiger partial charge < -0.3 is 19.5 Å². The monoisotopic (exact) mass is 373 g/mol. The first-order chi connectivity index (χ1) is 12.9. The number of benzene rings is 1. The fraction of sp³-hybridized carbons (Fsp3) is 0.682. The van der Waals surface area contributed by atoms with Gasteiger partial charge in [-0.15, -0.1) is 0 Å². The Hall–Kier alpha value is -1.75. The second-order valence-electron chi connectivity index (χ2n) is 8.84. The summed E-state index contributed by atoms with van der Waals surface area (Å²) in [6.45, 7) is 10.4. The van der Waals surface area contributed by atoms with Gasteiger partial charge in [-0.25, -0.2) is 4.79 Å². The van der Waals surface area contributed by atoms with Gasteiger partial charge in [-0.2, -0.15) is 0 Å². The lowest BCUT2D eigenvalue weighted by atomic mass is 9.50. The zero-order valence-corrected chi connectivity index (χ0v) is 16.8. The predicted molar refractivity (Wildman–Crippen MR) is 103 cm³/mol. The van der Waals surface area contributed by atoms with Gasteiger partial charge in [-0.05, 0) is 37.7 Å². The third-order valence-electron chi connectivity index (χ3n) is 7.26. The van der Waals surface area contributed by atoms with Crippen LogP contribution in [0.4, 0.5) is 4.79 Å². The number of hydrogen-bond acceptors (Lipinski definition) is 4. The molecular weight excluding hydrogens is 342 g/mol. The first-order valence-corrected chi connectivity index (χ1v) is 10.2. The highest BCUT2D eigenvalue weighted by atomic mass is 16.6. The van der Waals surface area contributed by atoms with Crippen LogP contribution in [-0.4, -0.2) is 31.5 Å². The van der Waals surface area contributed by atoms with E-state index in [0.717, 1.165) is 24.2 Å². The summed E-state index contributed by atoms with van der Waals surface area (Å²) >= 11 is 0. The molecule has 1 aliphatic carbocycles. The van der Waals surface area contributed by atoms with Crippen molar-refractivity contribution in [3.05, 3.63) is 29.8 Å². The Bertz CT molecular complexity index is 722. The number of ether oxygens (including phenoxy) is 3. The molecule has 1 saturated heterocycles. The quantitative estimate of drug-likeness (QED) is 0.854. The molecule has 5 heteroatoms. The molecule has 1 aromatic carbocycles. The SMILES string of the molecule is CCCNC(=O)OC[C@]12CO[C@H]3c4ccccc4O[C@](C)(C[C@@H]1C)[C@@H]3[C@@H]2C. The van der Waals surface area contributed by atoms with E-state index in [9.17, 15) is 4.79 Å². The zero-order chi connectivity index (χ0) is 19.2. The Kier molecular flexibility index (Phi) is 4.61. The normalized spacial score (nSPS) is 39.1. The van der Waals surface area contributed by atoms with Gasteiger partial charge in [0.05, 0.1) is 12.7 Å². The molecular formula is C22H31NO4. The number of hydrogen-bond donors (Lipinski definition) is 1. The summed E-state index contributed by atoms with van der Waals surface area (Å²) in [5.41, 5.74) is 0.725. The van der Waals surface area contributed by atoms with E-state index in [1.807, 2.05) is 25.1 Å². The summed E-state index contributed by atoms with van der Waals surface area (Å²) < 4.78 is 18.7. The molecule has 0 aromatic heterocycles. The molecule has 0 radical (unpaired) electrons. The summed E-state index contributed by atoms with van der Waals surface area (Å²) in [4.78, 5) is 12.0. The lowest BCUT2D eigenvalue weighted by Gasteiger charge is -2.63. The number of amides is 1. The third kappa shape index (κ3) is 2.82. The topological polar surface area (TPSA) is 56.8 Å². The highest BCUT2D eigenvalue weighted by molar-refractivity contribution is 5.67. The number of alkyl carbamates (subject to hydrolysis) is 1. The molecule has 2 bridgehead atoms. The van der Waals surface area contributed by atoms with Crippen molar-refractivity contribution in [2.75, 3.05) is 19.8 Å². The summed E-state index contributed by atoms with van der Waals surface area (Å²) in [6, 6.07) is 8.24. The Morgan fingerprint density at radius 3 is 2.89 bits per heavy atom. The Morgan fingerprint density at radius 1 is 1.33 bits per heavy atom. The van der Waals surface area contributed by atoms with Crippen LogP contribution in [0.2, 0.25) is 0 Å². The van der Waals surface area contributed by atoms with E-state index >= 15 is 0 Å². The molecule has 148 valence electrons. The van der Waals surface area contributed by atoms with Crippen molar-refractivity contribution in [1.82, 2.24) is 5.32 Å². The minimum atomic E-state index is -0.327. The fourth-order valence-corrected chi connectivity index (χ4v) is 5.73. The molecule has 2 fully saturated rings. The van der Waals surface area contributed by atoms with Crippen LogP contribution in [0.15, 0.2) is 24.3 Å². The average Bonchev–Trinajstić information content (AvgIpc) is 2.64. The van der Waals surface area contributed by atoms with E-state index in [2.05, 4.69) is 32.2 Å². The number of fused-ring (bicyclic) bond motifs is 3. The van der Waals surface area contributed by atoms with Gasteiger partial charge in [0.15, 0.2) is 0 Å². The number of para-hydroxylation sites is 1. The second kappa shape index (κ2) is 6.69. The van der Waals surface area contributed by atoms with E-state index in [0.29, 0.717) is 31.6 Å². The second-order valence-corrected chi connectivity index (χ2v) is 8.84. The molecule has 1 aromatic rings. The van der Waals surface area contributed by atoms with Crippen molar-refractivity contribution in [3.8, 4) is 5.75 Å². The van der Waals surface area contributed by atoms with E-state index in [1.54, 1.807) is 0 Å². The molecule has 1 saturated carbocycles. The maximum atomic E-state index is 12.0. The molecule has 0 spiro atoms. The van der Waals surface area contributed by atoms with Crippen LogP contribution in [0.1, 0.15) is 52.2 Å². The summed E-state index contributed by atoms with van der Waals surface area (Å²) in [5, 5.41) is 2.81.